The molecule has 0 spiro atoms. The minimum atomic E-state index is 0.221. The number of anilines is 1. The minimum absolute atomic E-state index is 0.221. The Morgan fingerprint density at radius 3 is 2.55 bits per heavy atom. The molecule has 0 aliphatic carbocycles. The Morgan fingerprint density at radius 2 is 1.90 bits per heavy atom. The SMILES string of the molecule is COC[C@@H](C)n1c(C)cc(C(=O)C[NH+]2CCN(c3cc(Cl)ccc3C)CC2)c1C. The Morgan fingerprint density at radius 1 is 1.21 bits per heavy atom. The van der Waals surface area contributed by atoms with Crippen LogP contribution in [0.4, 0.5) is 5.69 Å². The molecule has 5 nitrogen and oxygen atoms in total. The molecule has 1 saturated heterocycles. The van der Waals surface area contributed by atoms with Crippen LogP contribution in [0, 0.1) is 20.8 Å². The third-order valence-corrected chi connectivity index (χ3v) is 6.26. The zero-order valence-electron chi connectivity index (χ0n) is 18.2. The minimum Gasteiger partial charge on any atom is -0.383 e. The predicted octanol–water partition coefficient (Wildman–Crippen LogP) is 2.86. The van der Waals surface area contributed by atoms with Crippen LogP contribution in [-0.2, 0) is 4.74 Å². The van der Waals surface area contributed by atoms with Crippen LogP contribution >= 0.6 is 11.6 Å². The highest BCUT2D eigenvalue weighted by atomic mass is 35.5. The van der Waals surface area contributed by atoms with Gasteiger partial charge in [-0.1, -0.05) is 17.7 Å². The normalized spacial score (nSPS) is 16.3. The first-order chi connectivity index (χ1) is 13.8. The van der Waals surface area contributed by atoms with Crippen LogP contribution in [0.25, 0.3) is 0 Å². The number of ketones is 1. The summed E-state index contributed by atoms with van der Waals surface area (Å²) >= 11 is 6.19. The number of piperazine rings is 1. The summed E-state index contributed by atoms with van der Waals surface area (Å²) in [6.07, 6.45) is 0. The van der Waals surface area contributed by atoms with E-state index in [1.807, 2.05) is 25.1 Å². The quantitative estimate of drug-likeness (QED) is 0.703. The van der Waals surface area contributed by atoms with Gasteiger partial charge in [0.2, 0.25) is 5.78 Å². The van der Waals surface area contributed by atoms with E-state index >= 15 is 0 Å². The highest BCUT2D eigenvalue weighted by Crippen LogP contribution is 2.24. The summed E-state index contributed by atoms with van der Waals surface area (Å²) in [5.41, 5.74) is 5.47. The standard InChI is InChI=1S/C23H32ClN3O2/c1-16-6-7-20(24)13-22(16)26-10-8-25(9-11-26)14-23(28)21-12-17(2)27(19(21)4)18(3)15-29-5/h6-7,12-13,18H,8-11,14-15H2,1-5H3/p+1/t18-/m1/s1. The first kappa shape index (κ1) is 21.9. The van der Waals surface area contributed by atoms with Crippen LogP contribution in [0.15, 0.2) is 24.3 Å². The van der Waals surface area contributed by atoms with Gasteiger partial charge >= 0.3 is 0 Å². The lowest BCUT2D eigenvalue weighted by Gasteiger charge is -2.34. The molecular weight excluding hydrogens is 386 g/mol. The maximum atomic E-state index is 13.0. The Kier molecular flexibility index (Phi) is 7.04. The molecule has 0 amide bonds. The highest BCUT2D eigenvalue weighted by Gasteiger charge is 2.26. The topological polar surface area (TPSA) is 38.9 Å². The number of nitrogens with one attached hydrogen (secondary N) is 1. The van der Waals surface area contributed by atoms with Gasteiger partial charge in [0.05, 0.1) is 38.8 Å². The second kappa shape index (κ2) is 9.33. The monoisotopic (exact) mass is 418 g/mol. The summed E-state index contributed by atoms with van der Waals surface area (Å²) < 4.78 is 7.51. The van der Waals surface area contributed by atoms with Gasteiger partial charge in [-0.15, -0.1) is 0 Å². The zero-order valence-corrected chi connectivity index (χ0v) is 19.0. The number of benzene rings is 1. The number of ether oxygens (including phenoxy) is 1. The number of quaternary nitrogens is 1. The van der Waals surface area contributed by atoms with Crippen molar-refractivity contribution in [2.45, 2.75) is 33.7 Å². The molecule has 0 bridgehead atoms. The van der Waals surface area contributed by atoms with Gasteiger partial charge in [-0.2, -0.15) is 0 Å². The summed E-state index contributed by atoms with van der Waals surface area (Å²) in [7, 11) is 1.71. The number of halogens is 1. The number of nitrogens with zero attached hydrogens (tertiary/aromatic N) is 2. The lowest BCUT2D eigenvalue weighted by molar-refractivity contribution is -0.892. The van der Waals surface area contributed by atoms with Crippen molar-refractivity contribution in [3.8, 4) is 0 Å². The van der Waals surface area contributed by atoms with Crippen molar-refractivity contribution in [2.75, 3.05) is 51.3 Å². The van der Waals surface area contributed by atoms with Gasteiger partial charge in [0.25, 0.3) is 0 Å². The second-order valence-electron chi connectivity index (χ2n) is 8.23. The molecule has 1 N–H and O–H groups in total. The van der Waals surface area contributed by atoms with Crippen LogP contribution in [0.1, 0.15) is 40.3 Å². The highest BCUT2D eigenvalue weighted by molar-refractivity contribution is 6.30. The Hall–Kier alpha value is -1.82. The molecular formula is C23H33ClN3O2+. The average Bonchev–Trinajstić information content (AvgIpc) is 2.99. The van der Waals surface area contributed by atoms with E-state index in [0.29, 0.717) is 13.2 Å². The molecule has 1 aliphatic heterocycles. The Balaban J connectivity index is 1.63. The van der Waals surface area contributed by atoms with Gasteiger partial charge in [-0.25, -0.2) is 0 Å². The van der Waals surface area contributed by atoms with E-state index < -0.39 is 0 Å². The van der Waals surface area contributed by atoms with Crippen LogP contribution in [0.5, 0.6) is 0 Å². The summed E-state index contributed by atoms with van der Waals surface area (Å²) in [6.45, 7) is 13.3. The molecule has 1 aromatic heterocycles. The predicted molar refractivity (Wildman–Crippen MR) is 119 cm³/mol. The molecule has 158 valence electrons. The van der Waals surface area contributed by atoms with E-state index in [4.69, 9.17) is 16.3 Å². The molecule has 0 saturated carbocycles. The van der Waals surface area contributed by atoms with Crippen LogP contribution in [-0.4, -0.2) is 56.8 Å². The molecule has 1 aromatic carbocycles. The number of carbonyl (C=O) groups is 1. The third kappa shape index (κ3) is 4.85. The largest absolute Gasteiger partial charge is 0.383 e. The maximum absolute atomic E-state index is 13.0. The van der Waals surface area contributed by atoms with E-state index in [1.165, 1.54) is 16.2 Å². The number of rotatable bonds is 7. The van der Waals surface area contributed by atoms with Crippen molar-refractivity contribution in [2.24, 2.45) is 0 Å². The van der Waals surface area contributed by atoms with E-state index in [1.54, 1.807) is 7.11 Å². The van der Waals surface area contributed by atoms with Crippen LogP contribution in [0.2, 0.25) is 5.02 Å². The summed E-state index contributed by atoms with van der Waals surface area (Å²) in [4.78, 5) is 16.8. The number of aryl methyl sites for hydroxylation is 2. The van der Waals surface area contributed by atoms with Crippen molar-refractivity contribution in [1.82, 2.24) is 4.57 Å². The van der Waals surface area contributed by atoms with Crippen molar-refractivity contribution in [3.63, 3.8) is 0 Å². The van der Waals surface area contributed by atoms with Gasteiger partial charge in [0.1, 0.15) is 6.54 Å². The van der Waals surface area contributed by atoms with E-state index in [9.17, 15) is 4.79 Å². The number of aromatic nitrogens is 1. The van der Waals surface area contributed by atoms with Crippen LogP contribution < -0.4 is 9.80 Å². The summed E-state index contributed by atoms with van der Waals surface area (Å²) in [5.74, 6) is 0.233. The zero-order chi connectivity index (χ0) is 21.1. The molecule has 0 radical (unpaired) electrons. The average molecular weight is 419 g/mol. The van der Waals surface area contributed by atoms with Gasteiger partial charge < -0.3 is 19.1 Å². The fourth-order valence-corrected chi connectivity index (χ4v) is 4.71. The fourth-order valence-electron chi connectivity index (χ4n) is 4.54. The molecule has 3 rings (SSSR count). The number of carbonyl (C=O) groups excluding carboxylic acids is 1. The van der Waals surface area contributed by atoms with Crippen molar-refractivity contribution in [3.05, 3.63) is 51.8 Å². The van der Waals surface area contributed by atoms with Gasteiger partial charge in [-0.05, 0) is 51.5 Å². The first-order valence-electron chi connectivity index (χ1n) is 10.4. The van der Waals surface area contributed by atoms with Gasteiger partial charge in [-0.3, -0.25) is 4.79 Å². The van der Waals surface area contributed by atoms with Crippen molar-refractivity contribution >= 4 is 23.1 Å². The van der Waals surface area contributed by atoms with Gasteiger partial charge in [0.15, 0.2) is 0 Å². The lowest BCUT2D eigenvalue weighted by atomic mass is 10.1. The smallest absolute Gasteiger partial charge is 0.218 e. The Labute approximate surface area is 179 Å². The number of methoxy groups -OCH3 is 1. The second-order valence-corrected chi connectivity index (χ2v) is 8.66. The molecule has 1 atom stereocenters. The molecule has 29 heavy (non-hydrogen) atoms. The fraction of sp³-hybridized carbons (Fsp3) is 0.522. The summed E-state index contributed by atoms with van der Waals surface area (Å²) in [5, 5.41) is 0.772. The number of hydrogen-bond acceptors (Lipinski definition) is 3. The van der Waals surface area contributed by atoms with Crippen LogP contribution in [0.3, 0.4) is 0 Å². The molecule has 2 aromatic rings. The third-order valence-electron chi connectivity index (χ3n) is 6.03. The lowest BCUT2D eigenvalue weighted by Crippen LogP contribution is -3.15. The van der Waals surface area contributed by atoms with E-state index in [2.05, 4.69) is 36.3 Å². The van der Waals surface area contributed by atoms with Gasteiger partial charge in [0, 0.05) is 34.8 Å². The summed E-state index contributed by atoms with van der Waals surface area (Å²) in [6, 6.07) is 8.31. The maximum Gasteiger partial charge on any atom is 0.218 e. The van der Waals surface area contributed by atoms with E-state index in [0.717, 1.165) is 48.2 Å². The molecule has 0 unspecified atom stereocenters. The first-order valence-corrected chi connectivity index (χ1v) is 10.7. The molecule has 1 aliphatic rings. The molecule has 2 heterocycles. The Bertz CT molecular complexity index is 869. The molecule has 6 heteroatoms. The number of Topliss-reactive ketones (excluding diaryl/α,β-unsaturated/α-hetero) is 1. The number of hydrogen-bond donors (Lipinski definition) is 1. The van der Waals surface area contributed by atoms with Crippen molar-refractivity contribution in [1.29, 1.82) is 0 Å². The van der Waals surface area contributed by atoms with Crippen molar-refractivity contribution < 1.29 is 14.4 Å². The molecule has 1 fully saturated rings. The van der Waals surface area contributed by atoms with E-state index in [-0.39, 0.29) is 11.8 Å².